The van der Waals surface area contributed by atoms with Crippen LogP contribution in [0.1, 0.15) is 22.3 Å². The van der Waals surface area contributed by atoms with E-state index >= 15 is 0 Å². The second-order valence-corrected chi connectivity index (χ2v) is 6.00. The summed E-state index contributed by atoms with van der Waals surface area (Å²) in [5.41, 5.74) is 1.43. The van der Waals surface area contributed by atoms with Gasteiger partial charge in [0.15, 0.2) is 0 Å². The van der Waals surface area contributed by atoms with E-state index < -0.39 is 5.97 Å². The number of carbonyl (C=O) groups excluding carboxylic acids is 1. The van der Waals surface area contributed by atoms with Crippen LogP contribution in [-0.2, 0) is 11.2 Å². The van der Waals surface area contributed by atoms with Gasteiger partial charge in [-0.2, -0.15) is 0 Å². The van der Waals surface area contributed by atoms with Gasteiger partial charge in [-0.15, -0.1) is 0 Å². The van der Waals surface area contributed by atoms with Crippen LogP contribution in [0.4, 0.5) is 5.69 Å². The van der Waals surface area contributed by atoms with Crippen molar-refractivity contribution in [3.05, 3.63) is 63.1 Å². The SMILES string of the molecule is O=C(CCc1ccc(Br)cc1)Nc1cc(C(=O)O)ccc1Cl. The van der Waals surface area contributed by atoms with E-state index in [9.17, 15) is 9.59 Å². The quantitative estimate of drug-likeness (QED) is 0.807. The van der Waals surface area contributed by atoms with Crippen LogP contribution in [0.15, 0.2) is 46.9 Å². The molecule has 0 aliphatic carbocycles. The van der Waals surface area contributed by atoms with Gasteiger partial charge in [0.25, 0.3) is 0 Å². The van der Waals surface area contributed by atoms with E-state index in [1.165, 1.54) is 18.2 Å². The smallest absolute Gasteiger partial charge is 0.335 e. The van der Waals surface area contributed by atoms with E-state index in [1.807, 2.05) is 24.3 Å². The van der Waals surface area contributed by atoms with E-state index in [1.54, 1.807) is 0 Å². The maximum Gasteiger partial charge on any atom is 0.335 e. The zero-order chi connectivity index (χ0) is 16.1. The van der Waals surface area contributed by atoms with Crippen molar-refractivity contribution in [1.82, 2.24) is 0 Å². The van der Waals surface area contributed by atoms with Crippen molar-refractivity contribution in [2.24, 2.45) is 0 Å². The van der Waals surface area contributed by atoms with Gasteiger partial charge in [0.1, 0.15) is 0 Å². The van der Waals surface area contributed by atoms with Crippen LogP contribution in [0.2, 0.25) is 5.02 Å². The standard InChI is InChI=1S/C16H13BrClNO3/c17-12-5-1-10(2-6-12)3-8-15(20)19-14-9-11(16(21)22)4-7-13(14)18/h1-2,4-7,9H,3,8H2,(H,19,20)(H,21,22). The van der Waals surface area contributed by atoms with Gasteiger partial charge in [0.05, 0.1) is 16.3 Å². The first-order chi connectivity index (χ1) is 10.5. The van der Waals surface area contributed by atoms with Crippen molar-refractivity contribution in [2.75, 3.05) is 5.32 Å². The molecule has 0 heterocycles. The number of aryl methyl sites for hydroxylation is 1. The number of hydrogen-bond donors (Lipinski definition) is 2. The molecule has 0 atom stereocenters. The third kappa shape index (κ3) is 4.58. The number of hydrogen-bond acceptors (Lipinski definition) is 2. The van der Waals surface area contributed by atoms with Crippen molar-refractivity contribution in [3.8, 4) is 0 Å². The number of carboxylic acids is 1. The summed E-state index contributed by atoms with van der Waals surface area (Å²) in [6, 6.07) is 11.9. The van der Waals surface area contributed by atoms with Crippen molar-refractivity contribution in [2.45, 2.75) is 12.8 Å². The van der Waals surface area contributed by atoms with Crippen LogP contribution < -0.4 is 5.32 Å². The number of amides is 1. The molecule has 0 bridgehead atoms. The number of aromatic carboxylic acids is 1. The molecule has 2 aromatic rings. The lowest BCUT2D eigenvalue weighted by Crippen LogP contribution is -2.13. The molecule has 2 rings (SSSR count). The summed E-state index contributed by atoms with van der Waals surface area (Å²) in [4.78, 5) is 22.9. The molecule has 0 saturated carbocycles. The van der Waals surface area contributed by atoms with Gasteiger partial charge in [-0.25, -0.2) is 4.79 Å². The maximum absolute atomic E-state index is 12.0. The molecular weight excluding hydrogens is 370 g/mol. The molecule has 0 spiro atoms. The molecule has 0 saturated heterocycles. The largest absolute Gasteiger partial charge is 0.478 e. The molecule has 0 radical (unpaired) electrons. The Morgan fingerprint density at radius 2 is 1.82 bits per heavy atom. The summed E-state index contributed by atoms with van der Waals surface area (Å²) in [6.45, 7) is 0. The fourth-order valence-corrected chi connectivity index (χ4v) is 2.30. The fraction of sp³-hybridized carbons (Fsp3) is 0.125. The maximum atomic E-state index is 12.0. The summed E-state index contributed by atoms with van der Waals surface area (Å²) < 4.78 is 0.984. The number of rotatable bonds is 5. The van der Waals surface area contributed by atoms with Gasteiger partial charge < -0.3 is 10.4 Å². The van der Waals surface area contributed by atoms with Gasteiger partial charge in [-0.1, -0.05) is 39.7 Å². The molecule has 22 heavy (non-hydrogen) atoms. The number of carboxylic acid groups (broad SMARTS) is 1. The first-order valence-corrected chi connectivity index (χ1v) is 7.70. The van der Waals surface area contributed by atoms with E-state index in [2.05, 4.69) is 21.2 Å². The number of nitrogens with one attached hydrogen (secondary N) is 1. The van der Waals surface area contributed by atoms with Crippen molar-refractivity contribution < 1.29 is 14.7 Å². The van der Waals surface area contributed by atoms with Crippen LogP contribution in [0.5, 0.6) is 0 Å². The number of halogens is 2. The van der Waals surface area contributed by atoms with Gasteiger partial charge in [-0.3, -0.25) is 4.79 Å². The topological polar surface area (TPSA) is 66.4 Å². The zero-order valence-corrected chi connectivity index (χ0v) is 13.8. The van der Waals surface area contributed by atoms with Crippen LogP contribution in [0, 0.1) is 0 Å². The van der Waals surface area contributed by atoms with Crippen molar-refractivity contribution in [1.29, 1.82) is 0 Å². The molecular formula is C16H13BrClNO3. The second kappa shape index (κ2) is 7.42. The highest BCUT2D eigenvalue weighted by molar-refractivity contribution is 9.10. The molecule has 0 fully saturated rings. The van der Waals surface area contributed by atoms with E-state index in [4.69, 9.17) is 16.7 Å². The van der Waals surface area contributed by atoms with Gasteiger partial charge in [0.2, 0.25) is 5.91 Å². The molecule has 0 aromatic heterocycles. The van der Waals surface area contributed by atoms with Crippen molar-refractivity contribution in [3.63, 3.8) is 0 Å². The molecule has 0 aliphatic rings. The van der Waals surface area contributed by atoms with E-state index in [0.29, 0.717) is 17.1 Å². The molecule has 2 aromatic carbocycles. The average molecular weight is 383 g/mol. The van der Waals surface area contributed by atoms with Crippen LogP contribution in [-0.4, -0.2) is 17.0 Å². The van der Waals surface area contributed by atoms with E-state index in [0.717, 1.165) is 10.0 Å². The number of benzene rings is 2. The molecule has 0 aliphatic heterocycles. The summed E-state index contributed by atoms with van der Waals surface area (Å²) in [6.07, 6.45) is 0.880. The Labute approximate surface area is 141 Å². The molecule has 114 valence electrons. The lowest BCUT2D eigenvalue weighted by atomic mass is 10.1. The number of carbonyl (C=O) groups is 2. The van der Waals surface area contributed by atoms with Crippen LogP contribution >= 0.6 is 27.5 Å². The summed E-state index contributed by atoms with van der Waals surface area (Å²) in [5, 5.41) is 11.9. The highest BCUT2D eigenvalue weighted by atomic mass is 79.9. The van der Waals surface area contributed by atoms with Gasteiger partial charge >= 0.3 is 5.97 Å². The Bertz CT molecular complexity index is 701. The minimum absolute atomic E-state index is 0.0765. The summed E-state index contributed by atoms with van der Waals surface area (Å²) in [7, 11) is 0. The molecule has 6 heteroatoms. The third-order valence-electron chi connectivity index (χ3n) is 3.04. The third-order valence-corrected chi connectivity index (χ3v) is 3.90. The first-order valence-electron chi connectivity index (χ1n) is 6.53. The Morgan fingerprint density at radius 3 is 2.45 bits per heavy atom. The fourth-order valence-electron chi connectivity index (χ4n) is 1.88. The van der Waals surface area contributed by atoms with Crippen LogP contribution in [0.25, 0.3) is 0 Å². The molecule has 2 N–H and O–H groups in total. The normalized spacial score (nSPS) is 10.3. The predicted octanol–water partition coefficient (Wildman–Crippen LogP) is 4.37. The molecule has 1 amide bonds. The Hall–Kier alpha value is -1.85. The van der Waals surface area contributed by atoms with Crippen molar-refractivity contribution >= 4 is 45.1 Å². The minimum Gasteiger partial charge on any atom is -0.478 e. The minimum atomic E-state index is -1.07. The lowest BCUT2D eigenvalue weighted by molar-refractivity contribution is -0.116. The first kappa shape index (κ1) is 16.5. The highest BCUT2D eigenvalue weighted by Crippen LogP contribution is 2.23. The Kier molecular flexibility index (Phi) is 5.57. The van der Waals surface area contributed by atoms with Crippen LogP contribution in [0.3, 0.4) is 0 Å². The monoisotopic (exact) mass is 381 g/mol. The Balaban J connectivity index is 1.98. The summed E-state index contributed by atoms with van der Waals surface area (Å²) >= 11 is 9.32. The highest BCUT2D eigenvalue weighted by Gasteiger charge is 2.10. The Morgan fingerprint density at radius 1 is 1.14 bits per heavy atom. The molecule has 4 nitrogen and oxygen atoms in total. The second-order valence-electron chi connectivity index (χ2n) is 4.67. The molecule has 0 unspecified atom stereocenters. The average Bonchev–Trinajstić information content (AvgIpc) is 2.48. The number of anilines is 1. The van der Waals surface area contributed by atoms with Gasteiger partial charge in [-0.05, 0) is 42.3 Å². The van der Waals surface area contributed by atoms with E-state index in [-0.39, 0.29) is 17.9 Å². The van der Waals surface area contributed by atoms with Gasteiger partial charge in [0, 0.05) is 10.9 Å². The zero-order valence-electron chi connectivity index (χ0n) is 11.5. The predicted molar refractivity (Wildman–Crippen MR) is 89.5 cm³/mol. The lowest BCUT2D eigenvalue weighted by Gasteiger charge is -2.08. The summed E-state index contributed by atoms with van der Waals surface area (Å²) in [5.74, 6) is -1.28.